The van der Waals surface area contributed by atoms with E-state index in [-0.39, 0.29) is 18.4 Å². The zero-order valence-corrected chi connectivity index (χ0v) is 14.0. The van der Waals surface area contributed by atoms with Crippen molar-refractivity contribution in [2.45, 2.75) is 18.9 Å². The number of aromatic nitrogens is 2. The number of carbonyl (C=O) groups excluding carboxylic acids is 1. The fourth-order valence-electron chi connectivity index (χ4n) is 2.58. The number of carbonyl (C=O) groups is 2. The van der Waals surface area contributed by atoms with Crippen LogP contribution in [-0.2, 0) is 22.4 Å². The number of amides is 1. The van der Waals surface area contributed by atoms with Crippen LogP contribution in [0.15, 0.2) is 48.7 Å². The van der Waals surface area contributed by atoms with Crippen LogP contribution in [0.25, 0.3) is 11.0 Å². The van der Waals surface area contributed by atoms with Crippen molar-refractivity contribution in [2.75, 3.05) is 0 Å². The molecule has 0 bridgehead atoms. The predicted molar refractivity (Wildman–Crippen MR) is 92.9 cm³/mol. The first-order valence-electron chi connectivity index (χ1n) is 8.09. The highest BCUT2D eigenvalue weighted by molar-refractivity contribution is 5.85. The van der Waals surface area contributed by atoms with Crippen molar-refractivity contribution in [1.29, 1.82) is 0 Å². The number of aliphatic carboxylic acids is 1. The van der Waals surface area contributed by atoms with E-state index in [4.69, 9.17) is 0 Å². The summed E-state index contributed by atoms with van der Waals surface area (Å²) in [5.74, 6) is -3.94. The molecule has 6 nitrogen and oxygen atoms in total. The van der Waals surface area contributed by atoms with E-state index in [9.17, 15) is 23.5 Å². The number of nitrogens with zero attached hydrogens (tertiary/aromatic N) is 2. The summed E-state index contributed by atoms with van der Waals surface area (Å²) in [5, 5.41) is 11.7. The lowest BCUT2D eigenvalue weighted by atomic mass is 10.1. The summed E-state index contributed by atoms with van der Waals surface area (Å²) in [6.45, 7) is 0. The van der Waals surface area contributed by atoms with Crippen LogP contribution in [0.5, 0.6) is 0 Å². The lowest BCUT2D eigenvalue weighted by Crippen LogP contribution is -2.43. The van der Waals surface area contributed by atoms with Gasteiger partial charge >= 0.3 is 5.97 Å². The number of halogens is 2. The molecular weight excluding hydrogens is 356 g/mol. The molecule has 0 saturated heterocycles. The van der Waals surface area contributed by atoms with Gasteiger partial charge in [0, 0.05) is 12.6 Å². The van der Waals surface area contributed by atoms with Gasteiger partial charge in [-0.2, -0.15) is 0 Å². The highest BCUT2D eigenvalue weighted by atomic mass is 19.2. The van der Waals surface area contributed by atoms with E-state index in [2.05, 4.69) is 15.3 Å². The Morgan fingerprint density at radius 3 is 2.52 bits per heavy atom. The average Bonchev–Trinajstić information content (AvgIpc) is 2.64. The molecule has 2 aromatic carbocycles. The minimum absolute atomic E-state index is 0.0588. The molecule has 0 aliphatic carbocycles. The Hall–Kier alpha value is -3.42. The van der Waals surface area contributed by atoms with E-state index in [0.29, 0.717) is 16.7 Å². The van der Waals surface area contributed by atoms with Crippen molar-refractivity contribution in [3.05, 3.63) is 71.6 Å². The van der Waals surface area contributed by atoms with Crippen molar-refractivity contribution in [3.8, 4) is 0 Å². The first kappa shape index (κ1) is 18.4. The van der Waals surface area contributed by atoms with Crippen LogP contribution in [-0.4, -0.2) is 33.0 Å². The largest absolute Gasteiger partial charge is 0.480 e. The zero-order valence-electron chi connectivity index (χ0n) is 14.0. The second kappa shape index (κ2) is 7.86. The zero-order chi connectivity index (χ0) is 19.4. The molecule has 1 atom stereocenters. The minimum Gasteiger partial charge on any atom is -0.480 e. The molecule has 0 saturated carbocycles. The summed E-state index contributed by atoms with van der Waals surface area (Å²) in [6.07, 6.45) is 1.13. The van der Waals surface area contributed by atoms with Crippen LogP contribution < -0.4 is 5.32 Å². The van der Waals surface area contributed by atoms with Crippen molar-refractivity contribution in [3.63, 3.8) is 0 Å². The number of hydrogen-bond acceptors (Lipinski definition) is 4. The Labute approximate surface area is 152 Å². The Bertz CT molecular complexity index is 1010. The van der Waals surface area contributed by atoms with Crippen LogP contribution >= 0.6 is 0 Å². The van der Waals surface area contributed by atoms with E-state index in [1.807, 2.05) is 6.07 Å². The number of carboxylic acids is 1. The molecule has 0 spiro atoms. The molecule has 0 fully saturated rings. The second-order valence-electron chi connectivity index (χ2n) is 5.94. The Kier molecular flexibility index (Phi) is 5.35. The number of fused-ring (bicyclic) bond motifs is 1. The van der Waals surface area contributed by atoms with E-state index >= 15 is 0 Å². The van der Waals surface area contributed by atoms with Crippen LogP contribution in [0.2, 0.25) is 0 Å². The number of nitrogens with one attached hydrogen (secondary N) is 1. The van der Waals surface area contributed by atoms with E-state index in [0.717, 1.165) is 12.1 Å². The number of hydrogen-bond donors (Lipinski definition) is 2. The second-order valence-corrected chi connectivity index (χ2v) is 5.94. The van der Waals surface area contributed by atoms with Crippen molar-refractivity contribution in [2.24, 2.45) is 0 Å². The summed E-state index contributed by atoms with van der Waals surface area (Å²) in [5.41, 5.74) is 1.94. The molecule has 3 aromatic rings. The first-order valence-corrected chi connectivity index (χ1v) is 8.09. The van der Waals surface area contributed by atoms with Gasteiger partial charge in [-0.25, -0.2) is 18.6 Å². The quantitative estimate of drug-likeness (QED) is 0.693. The number of para-hydroxylation sites is 2. The fourth-order valence-corrected chi connectivity index (χ4v) is 2.58. The smallest absolute Gasteiger partial charge is 0.326 e. The summed E-state index contributed by atoms with van der Waals surface area (Å²) < 4.78 is 26.2. The Balaban J connectivity index is 1.69. The molecule has 27 heavy (non-hydrogen) atoms. The van der Waals surface area contributed by atoms with Gasteiger partial charge < -0.3 is 10.4 Å². The molecule has 138 valence electrons. The summed E-state index contributed by atoms with van der Waals surface area (Å²) in [4.78, 5) is 32.1. The van der Waals surface area contributed by atoms with Gasteiger partial charge in [-0.1, -0.05) is 18.2 Å². The SMILES string of the molecule is O=C(Cc1ccc(F)c(F)c1)N[C@@H](Cc1cnc2ccccc2n1)C(=O)O. The molecule has 1 aromatic heterocycles. The van der Waals surface area contributed by atoms with Crippen LogP contribution in [0.1, 0.15) is 11.3 Å². The summed E-state index contributed by atoms with van der Waals surface area (Å²) in [7, 11) is 0. The van der Waals surface area contributed by atoms with E-state index in [1.54, 1.807) is 18.2 Å². The van der Waals surface area contributed by atoms with E-state index < -0.39 is 29.6 Å². The summed E-state index contributed by atoms with van der Waals surface area (Å²) >= 11 is 0. The maximum Gasteiger partial charge on any atom is 0.326 e. The maximum absolute atomic E-state index is 13.2. The highest BCUT2D eigenvalue weighted by Gasteiger charge is 2.21. The monoisotopic (exact) mass is 371 g/mol. The van der Waals surface area contributed by atoms with Gasteiger partial charge in [-0.15, -0.1) is 0 Å². The summed E-state index contributed by atoms with van der Waals surface area (Å²) in [6, 6.07) is 9.00. The number of carboxylic acid groups (broad SMARTS) is 1. The molecule has 1 heterocycles. The molecule has 0 aliphatic heterocycles. The Morgan fingerprint density at radius 1 is 1.07 bits per heavy atom. The molecular formula is C19H15F2N3O3. The number of benzene rings is 2. The van der Waals surface area contributed by atoms with Gasteiger partial charge in [0.2, 0.25) is 5.91 Å². The maximum atomic E-state index is 13.2. The van der Waals surface area contributed by atoms with Gasteiger partial charge in [-0.05, 0) is 29.8 Å². The molecule has 2 N–H and O–H groups in total. The van der Waals surface area contributed by atoms with E-state index in [1.165, 1.54) is 12.3 Å². The molecule has 0 aliphatic rings. The van der Waals surface area contributed by atoms with Crippen molar-refractivity contribution < 1.29 is 23.5 Å². The normalized spacial score (nSPS) is 11.9. The van der Waals surface area contributed by atoms with Gasteiger partial charge in [0.05, 0.1) is 23.1 Å². The van der Waals surface area contributed by atoms with Crippen LogP contribution in [0.3, 0.4) is 0 Å². The molecule has 0 unspecified atom stereocenters. The first-order chi connectivity index (χ1) is 12.9. The van der Waals surface area contributed by atoms with Crippen LogP contribution in [0.4, 0.5) is 8.78 Å². The van der Waals surface area contributed by atoms with Gasteiger partial charge in [0.25, 0.3) is 0 Å². The predicted octanol–water partition coefficient (Wildman–Crippen LogP) is 2.26. The van der Waals surface area contributed by atoms with Gasteiger partial charge in [0.15, 0.2) is 11.6 Å². The fraction of sp³-hybridized carbons (Fsp3) is 0.158. The van der Waals surface area contributed by atoms with Crippen molar-refractivity contribution in [1.82, 2.24) is 15.3 Å². The molecule has 3 rings (SSSR count). The lowest BCUT2D eigenvalue weighted by Gasteiger charge is -2.14. The minimum atomic E-state index is -1.23. The third-order valence-corrected chi connectivity index (χ3v) is 3.89. The molecule has 0 radical (unpaired) electrons. The van der Waals surface area contributed by atoms with Crippen molar-refractivity contribution >= 4 is 22.9 Å². The Morgan fingerprint density at radius 2 is 1.81 bits per heavy atom. The number of rotatable bonds is 6. The van der Waals surface area contributed by atoms with Gasteiger partial charge in [-0.3, -0.25) is 9.78 Å². The third-order valence-electron chi connectivity index (χ3n) is 3.89. The lowest BCUT2D eigenvalue weighted by molar-refractivity contribution is -0.141. The standard InChI is InChI=1S/C19H15F2N3O3/c20-13-6-5-11(7-14(13)21)8-18(25)24-17(19(26)27)9-12-10-22-15-3-1-2-4-16(15)23-12/h1-7,10,17H,8-9H2,(H,24,25)(H,26,27)/t17-/m0/s1. The van der Waals surface area contributed by atoms with Crippen LogP contribution in [0, 0.1) is 11.6 Å². The van der Waals surface area contributed by atoms with Gasteiger partial charge in [0.1, 0.15) is 6.04 Å². The topological polar surface area (TPSA) is 92.2 Å². The molecule has 1 amide bonds. The highest BCUT2D eigenvalue weighted by Crippen LogP contribution is 2.11. The third kappa shape index (κ3) is 4.60. The molecule has 8 heteroatoms. The average molecular weight is 371 g/mol.